The third kappa shape index (κ3) is 1.48. The molecule has 1 heterocycles. The fourth-order valence-corrected chi connectivity index (χ4v) is 2.98. The van der Waals surface area contributed by atoms with Gasteiger partial charge < -0.3 is 9.55 Å². The molecular formula is C12H20N2S. The van der Waals surface area contributed by atoms with Crippen molar-refractivity contribution in [2.45, 2.75) is 41.2 Å². The van der Waals surface area contributed by atoms with Gasteiger partial charge in [0, 0.05) is 18.4 Å². The van der Waals surface area contributed by atoms with Gasteiger partial charge in [-0.25, -0.2) is 0 Å². The molecule has 0 atom stereocenters. The van der Waals surface area contributed by atoms with Crippen molar-refractivity contribution in [3.05, 3.63) is 16.7 Å². The lowest BCUT2D eigenvalue weighted by molar-refractivity contribution is 0.457. The lowest BCUT2D eigenvalue weighted by atomic mass is 10.0. The Morgan fingerprint density at radius 1 is 1.33 bits per heavy atom. The zero-order valence-corrected chi connectivity index (χ0v) is 11.0. The number of aromatic amines is 1. The van der Waals surface area contributed by atoms with Crippen LogP contribution in [0.4, 0.5) is 0 Å². The van der Waals surface area contributed by atoms with Crippen LogP contribution in [0.3, 0.4) is 0 Å². The summed E-state index contributed by atoms with van der Waals surface area (Å²) in [5.41, 5.74) is 2.02. The second kappa shape index (κ2) is 2.97. The molecule has 0 aromatic carbocycles. The highest BCUT2D eigenvalue weighted by atomic mass is 32.1. The van der Waals surface area contributed by atoms with E-state index < -0.39 is 0 Å². The van der Waals surface area contributed by atoms with E-state index in [0.717, 1.165) is 22.9 Å². The number of nitrogens with one attached hydrogen (secondary N) is 1. The van der Waals surface area contributed by atoms with E-state index in [1.807, 2.05) is 0 Å². The fourth-order valence-electron chi connectivity index (χ4n) is 2.69. The lowest BCUT2D eigenvalue weighted by Gasteiger charge is -2.04. The molecule has 15 heavy (non-hydrogen) atoms. The largest absolute Gasteiger partial charge is 0.335 e. The van der Waals surface area contributed by atoms with E-state index in [1.54, 1.807) is 0 Å². The summed E-state index contributed by atoms with van der Waals surface area (Å²) < 4.78 is 3.03. The van der Waals surface area contributed by atoms with Crippen molar-refractivity contribution in [2.24, 2.45) is 16.7 Å². The molecule has 1 N–H and O–H groups in total. The molecule has 0 unspecified atom stereocenters. The van der Waals surface area contributed by atoms with Gasteiger partial charge in [-0.05, 0) is 35.9 Å². The van der Waals surface area contributed by atoms with Crippen molar-refractivity contribution in [3.63, 3.8) is 0 Å². The number of imidazole rings is 1. The van der Waals surface area contributed by atoms with Gasteiger partial charge in [-0.15, -0.1) is 0 Å². The van der Waals surface area contributed by atoms with E-state index in [4.69, 9.17) is 12.2 Å². The van der Waals surface area contributed by atoms with Gasteiger partial charge in [-0.3, -0.25) is 0 Å². The highest BCUT2D eigenvalue weighted by molar-refractivity contribution is 7.71. The van der Waals surface area contributed by atoms with Gasteiger partial charge in [0.1, 0.15) is 0 Å². The lowest BCUT2D eigenvalue weighted by Crippen LogP contribution is -2.03. The molecule has 0 saturated heterocycles. The van der Waals surface area contributed by atoms with Gasteiger partial charge in [0.05, 0.1) is 0 Å². The third-order valence-electron chi connectivity index (χ3n) is 4.61. The maximum absolute atomic E-state index is 5.28. The first-order chi connectivity index (χ1) is 6.76. The molecule has 0 aliphatic heterocycles. The van der Waals surface area contributed by atoms with Crippen LogP contribution < -0.4 is 0 Å². The van der Waals surface area contributed by atoms with Crippen LogP contribution in [0.15, 0.2) is 6.20 Å². The Balaban J connectivity index is 2.19. The number of H-pyrrole nitrogens is 1. The number of rotatable bonds is 2. The second-order valence-electron chi connectivity index (χ2n) is 5.89. The normalized spacial score (nSPS) is 23.0. The molecule has 1 aliphatic rings. The first kappa shape index (κ1) is 10.9. The highest BCUT2D eigenvalue weighted by Gasteiger charge is 2.64. The second-order valence-corrected chi connectivity index (χ2v) is 6.28. The van der Waals surface area contributed by atoms with Gasteiger partial charge in [0.2, 0.25) is 0 Å². The van der Waals surface area contributed by atoms with Crippen molar-refractivity contribution < 1.29 is 0 Å². The minimum Gasteiger partial charge on any atom is -0.335 e. The van der Waals surface area contributed by atoms with Crippen LogP contribution in [0.25, 0.3) is 0 Å². The van der Waals surface area contributed by atoms with Gasteiger partial charge in [0.15, 0.2) is 4.77 Å². The van der Waals surface area contributed by atoms with Gasteiger partial charge in [-0.2, -0.15) is 0 Å². The Labute approximate surface area is 96.7 Å². The third-order valence-corrected chi connectivity index (χ3v) is 4.95. The zero-order valence-electron chi connectivity index (χ0n) is 10.2. The summed E-state index contributed by atoms with van der Waals surface area (Å²) in [6, 6.07) is 0. The molecule has 1 aliphatic carbocycles. The van der Waals surface area contributed by atoms with E-state index in [2.05, 4.69) is 50.4 Å². The molecule has 2 nitrogen and oxygen atoms in total. The molecule has 2 rings (SSSR count). The highest BCUT2D eigenvalue weighted by Crippen LogP contribution is 2.68. The molecule has 1 saturated carbocycles. The standard InChI is InChI=1S/C12H20N2S/c1-8-6-14(10(15)13-8)7-9-11(2,3)12(9,4)5/h6,9H,7H2,1-5H3,(H,13,15). The molecule has 84 valence electrons. The van der Waals surface area contributed by atoms with E-state index in [-0.39, 0.29) is 0 Å². The van der Waals surface area contributed by atoms with Crippen molar-refractivity contribution in [1.29, 1.82) is 0 Å². The van der Waals surface area contributed by atoms with E-state index in [1.165, 1.54) is 0 Å². The summed E-state index contributed by atoms with van der Waals surface area (Å²) in [4.78, 5) is 3.17. The summed E-state index contributed by atoms with van der Waals surface area (Å²) >= 11 is 5.28. The van der Waals surface area contributed by atoms with Crippen LogP contribution in [-0.2, 0) is 6.54 Å². The van der Waals surface area contributed by atoms with Crippen LogP contribution in [0, 0.1) is 28.4 Å². The van der Waals surface area contributed by atoms with Crippen molar-refractivity contribution in [2.75, 3.05) is 0 Å². The minimum atomic E-state index is 0.437. The summed E-state index contributed by atoms with van der Waals surface area (Å²) in [6.07, 6.45) is 2.12. The van der Waals surface area contributed by atoms with Crippen LogP contribution in [0.2, 0.25) is 0 Å². The number of aryl methyl sites for hydroxylation is 1. The van der Waals surface area contributed by atoms with Crippen molar-refractivity contribution >= 4 is 12.2 Å². The van der Waals surface area contributed by atoms with Gasteiger partial charge >= 0.3 is 0 Å². The predicted octanol–water partition coefficient (Wildman–Crippen LogP) is 3.54. The van der Waals surface area contributed by atoms with Crippen molar-refractivity contribution in [3.8, 4) is 0 Å². The predicted molar refractivity (Wildman–Crippen MR) is 65.4 cm³/mol. The first-order valence-electron chi connectivity index (χ1n) is 5.53. The molecule has 0 amide bonds. The SMILES string of the molecule is Cc1cn(CC2C(C)(C)C2(C)C)c(=S)[nH]1. The molecule has 0 radical (unpaired) electrons. The van der Waals surface area contributed by atoms with E-state index in [9.17, 15) is 0 Å². The smallest absolute Gasteiger partial charge is 0.177 e. The maximum atomic E-state index is 5.28. The molecule has 3 heteroatoms. The molecular weight excluding hydrogens is 204 g/mol. The van der Waals surface area contributed by atoms with Gasteiger partial charge in [0.25, 0.3) is 0 Å². The Morgan fingerprint density at radius 2 is 1.87 bits per heavy atom. The minimum absolute atomic E-state index is 0.437. The molecule has 0 spiro atoms. The number of nitrogens with zero attached hydrogens (tertiary/aromatic N) is 1. The Hall–Kier alpha value is -0.570. The van der Waals surface area contributed by atoms with Gasteiger partial charge in [-0.1, -0.05) is 27.7 Å². The summed E-state index contributed by atoms with van der Waals surface area (Å²) in [5, 5.41) is 0. The molecule has 1 fully saturated rings. The summed E-state index contributed by atoms with van der Waals surface area (Å²) in [7, 11) is 0. The Kier molecular flexibility index (Phi) is 2.16. The monoisotopic (exact) mass is 224 g/mol. The zero-order chi connectivity index (χ0) is 11.4. The average molecular weight is 224 g/mol. The van der Waals surface area contributed by atoms with Crippen LogP contribution in [0.5, 0.6) is 0 Å². The van der Waals surface area contributed by atoms with E-state index >= 15 is 0 Å². The van der Waals surface area contributed by atoms with Crippen LogP contribution in [-0.4, -0.2) is 9.55 Å². The first-order valence-corrected chi connectivity index (χ1v) is 5.93. The summed E-state index contributed by atoms with van der Waals surface area (Å²) in [6.45, 7) is 12.5. The number of hydrogen-bond acceptors (Lipinski definition) is 1. The fraction of sp³-hybridized carbons (Fsp3) is 0.750. The molecule has 1 aromatic rings. The molecule has 1 aromatic heterocycles. The number of hydrogen-bond donors (Lipinski definition) is 1. The number of aromatic nitrogens is 2. The van der Waals surface area contributed by atoms with E-state index in [0.29, 0.717) is 10.8 Å². The van der Waals surface area contributed by atoms with Crippen molar-refractivity contribution in [1.82, 2.24) is 9.55 Å². The average Bonchev–Trinajstić information content (AvgIpc) is 2.41. The maximum Gasteiger partial charge on any atom is 0.177 e. The van der Waals surface area contributed by atoms with Crippen LogP contribution >= 0.6 is 12.2 Å². The topological polar surface area (TPSA) is 20.7 Å². The molecule has 0 bridgehead atoms. The van der Waals surface area contributed by atoms with Crippen LogP contribution in [0.1, 0.15) is 33.4 Å². The quantitative estimate of drug-likeness (QED) is 0.762. The summed E-state index contributed by atoms with van der Waals surface area (Å²) in [5.74, 6) is 0.729. The Bertz CT molecular complexity index is 423. The Morgan fingerprint density at radius 3 is 2.20 bits per heavy atom.